The van der Waals surface area contributed by atoms with Crippen LogP contribution in [0.4, 0.5) is 0 Å². The minimum atomic E-state index is -0.771. The Morgan fingerprint density at radius 2 is 2.53 bits per heavy atom. The van der Waals surface area contributed by atoms with Crippen molar-refractivity contribution in [1.29, 1.82) is 0 Å². The second-order valence-corrected chi connectivity index (χ2v) is 3.76. The molecule has 2 rings (SSSR count). The number of nitrogens with one attached hydrogen (secondary N) is 1. The highest BCUT2D eigenvalue weighted by Gasteiger charge is 2.31. The van der Waals surface area contributed by atoms with E-state index >= 15 is 0 Å². The average molecular weight is 209 g/mol. The second kappa shape index (κ2) is 4.02. The molecule has 1 aliphatic rings. The fourth-order valence-corrected chi connectivity index (χ4v) is 2.04. The highest BCUT2D eigenvalue weighted by atomic mass is 16.4. The highest BCUT2D eigenvalue weighted by molar-refractivity contribution is 5.73. The zero-order valence-electron chi connectivity index (χ0n) is 8.68. The van der Waals surface area contributed by atoms with Crippen molar-refractivity contribution in [2.75, 3.05) is 0 Å². The fourth-order valence-electron chi connectivity index (χ4n) is 2.04. The van der Waals surface area contributed by atoms with E-state index in [1.807, 2.05) is 10.8 Å². The second-order valence-electron chi connectivity index (χ2n) is 3.76. The summed E-state index contributed by atoms with van der Waals surface area (Å²) >= 11 is 0. The van der Waals surface area contributed by atoms with Crippen LogP contribution in [0.15, 0.2) is 12.4 Å². The van der Waals surface area contributed by atoms with Crippen LogP contribution in [0.3, 0.4) is 0 Å². The summed E-state index contributed by atoms with van der Waals surface area (Å²) in [4.78, 5) is 15.1. The Morgan fingerprint density at radius 3 is 3.13 bits per heavy atom. The lowest BCUT2D eigenvalue weighted by molar-refractivity contribution is -0.139. The van der Waals surface area contributed by atoms with E-state index in [1.165, 1.54) is 0 Å². The number of nitrogens with zero attached hydrogens (tertiary/aromatic N) is 2. The summed E-state index contributed by atoms with van der Waals surface area (Å²) in [6.07, 6.45) is 5.20. The van der Waals surface area contributed by atoms with E-state index in [0.717, 1.165) is 18.8 Å². The first-order valence-corrected chi connectivity index (χ1v) is 5.22. The summed E-state index contributed by atoms with van der Waals surface area (Å²) in [5.41, 5.74) is 0. The summed E-state index contributed by atoms with van der Waals surface area (Å²) in [6.45, 7) is 2.92. The average Bonchev–Trinajstić information content (AvgIpc) is 2.85. The molecule has 0 amide bonds. The summed E-state index contributed by atoms with van der Waals surface area (Å²) < 4.78 is 2.04. The Hall–Kier alpha value is -1.36. The van der Waals surface area contributed by atoms with Crippen LogP contribution < -0.4 is 5.32 Å². The van der Waals surface area contributed by atoms with Gasteiger partial charge in [0, 0.05) is 18.9 Å². The number of hydrogen-bond donors (Lipinski definition) is 2. The lowest BCUT2D eigenvalue weighted by Crippen LogP contribution is -2.32. The summed E-state index contributed by atoms with van der Waals surface area (Å²) in [5.74, 6) is 0.174. The predicted molar refractivity (Wildman–Crippen MR) is 54.4 cm³/mol. The van der Waals surface area contributed by atoms with Crippen molar-refractivity contribution in [3.63, 3.8) is 0 Å². The first kappa shape index (κ1) is 10.2. The number of aryl methyl sites for hydroxylation is 1. The van der Waals surface area contributed by atoms with Gasteiger partial charge in [-0.1, -0.05) is 0 Å². The van der Waals surface area contributed by atoms with Crippen LogP contribution in [0.25, 0.3) is 0 Å². The van der Waals surface area contributed by atoms with E-state index in [-0.39, 0.29) is 6.04 Å². The molecule has 0 radical (unpaired) electrons. The molecule has 1 aromatic rings. The van der Waals surface area contributed by atoms with E-state index < -0.39 is 12.0 Å². The van der Waals surface area contributed by atoms with Gasteiger partial charge >= 0.3 is 5.97 Å². The van der Waals surface area contributed by atoms with Crippen LogP contribution in [0.5, 0.6) is 0 Å². The molecule has 1 fully saturated rings. The molecule has 1 aromatic heterocycles. The van der Waals surface area contributed by atoms with Gasteiger partial charge in [0.15, 0.2) is 0 Å². The fraction of sp³-hybridized carbons (Fsp3) is 0.600. The van der Waals surface area contributed by atoms with Crippen molar-refractivity contribution in [2.45, 2.75) is 38.4 Å². The van der Waals surface area contributed by atoms with Crippen molar-refractivity contribution < 1.29 is 9.90 Å². The van der Waals surface area contributed by atoms with Crippen molar-refractivity contribution in [3.05, 3.63) is 18.2 Å². The van der Waals surface area contributed by atoms with Crippen molar-refractivity contribution >= 4 is 5.97 Å². The van der Waals surface area contributed by atoms with Gasteiger partial charge < -0.3 is 9.67 Å². The number of hydrogen-bond acceptors (Lipinski definition) is 3. The molecule has 5 nitrogen and oxygen atoms in total. The molecule has 1 aliphatic heterocycles. The molecule has 2 atom stereocenters. The van der Waals surface area contributed by atoms with Gasteiger partial charge in [0.1, 0.15) is 11.9 Å². The molecule has 2 heterocycles. The first-order valence-electron chi connectivity index (χ1n) is 5.22. The maximum Gasteiger partial charge on any atom is 0.320 e. The number of rotatable bonds is 3. The van der Waals surface area contributed by atoms with Crippen LogP contribution in [0, 0.1) is 0 Å². The maximum atomic E-state index is 10.8. The standard InChI is InChI=1S/C10H15N3O2/c1-2-13-6-5-11-9(13)7-3-4-8(12-7)10(14)15/h5-8,12H,2-4H2,1H3,(H,14,15). The summed E-state index contributed by atoms with van der Waals surface area (Å²) in [5, 5.41) is 11.9. The molecule has 0 aliphatic carbocycles. The number of aliphatic carboxylic acids is 1. The number of imidazole rings is 1. The SMILES string of the molecule is CCn1ccnc1C1CCC(C(=O)O)N1. The van der Waals surface area contributed by atoms with Crippen LogP contribution in [0.2, 0.25) is 0 Å². The Bertz CT molecular complexity index is 361. The van der Waals surface area contributed by atoms with E-state index in [1.54, 1.807) is 6.20 Å². The molecule has 15 heavy (non-hydrogen) atoms. The third-order valence-corrected chi connectivity index (χ3v) is 2.84. The van der Waals surface area contributed by atoms with Gasteiger partial charge in [-0.2, -0.15) is 0 Å². The lowest BCUT2D eigenvalue weighted by atomic mass is 10.2. The summed E-state index contributed by atoms with van der Waals surface area (Å²) in [7, 11) is 0. The Labute approximate surface area is 88.1 Å². The van der Waals surface area contributed by atoms with Crippen LogP contribution in [-0.4, -0.2) is 26.7 Å². The summed E-state index contributed by atoms with van der Waals surface area (Å²) in [6, 6.07) is -0.335. The zero-order valence-corrected chi connectivity index (χ0v) is 8.68. The van der Waals surface area contributed by atoms with Gasteiger partial charge in [0.05, 0.1) is 6.04 Å². The molecule has 5 heteroatoms. The molecule has 0 aromatic carbocycles. The number of carbonyl (C=O) groups is 1. The molecule has 0 bridgehead atoms. The quantitative estimate of drug-likeness (QED) is 0.772. The van der Waals surface area contributed by atoms with Gasteiger partial charge in [-0.05, 0) is 19.8 Å². The van der Waals surface area contributed by atoms with Gasteiger partial charge in [-0.15, -0.1) is 0 Å². The van der Waals surface area contributed by atoms with E-state index in [4.69, 9.17) is 5.11 Å². The lowest BCUT2D eigenvalue weighted by Gasteiger charge is -2.12. The first-order chi connectivity index (χ1) is 7.22. The molecule has 82 valence electrons. The Balaban J connectivity index is 2.10. The number of carboxylic acids is 1. The molecule has 0 saturated carbocycles. The topological polar surface area (TPSA) is 67.2 Å². The maximum absolute atomic E-state index is 10.8. The van der Waals surface area contributed by atoms with E-state index in [0.29, 0.717) is 6.42 Å². The minimum Gasteiger partial charge on any atom is -0.480 e. The molecular weight excluding hydrogens is 194 g/mol. The normalized spacial score (nSPS) is 25.7. The number of aromatic nitrogens is 2. The van der Waals surface area contributed by atoms with Crippen molar-refractivity contribution in [2.24, 2.45) is 0 Å². The molecular formula is C10H15N3O2. The third kappa shape index (κ3) is 1.87. The molecule has 0 spiro atoms. The van der Waals surface area contributed by atoms with Gasteiger partial charge in [-0.25, -0.2) is 4.98 Å². The smallest absolute Gasteiger partial charge is 0.320 e. The Morgan fingerprint density at radius 1 is 1.73 bits per heavy atom. The van der Waals surface area contributed by atoms with Crippen molar-refractivity contribution in [3.8, 4) is 0 Å². The third-order valence-electron chi connectivity index (χ3n) is 2.84. The molecule has 2 N–H and O–H groups in total. The molecule has 2 unspecified atom stereocenters. The zero-order chi connectivity index (χ0) is 10.8. The Kier molecular flexibility index (Phi) is 2.73. The van der Waals surface area contributed by atoms with Crippen LogP contribution >= 0.6 is 0 Å². The van der Waals surface area contributed by atoms with Gasteiger partial charge in [-0.3, -0.25) is 10.1 Å². The van der Waals surface area contributed by atoms with Crippen LogP contribution in [-0.2, 0) is 11.3 Å². The van der Waals surface area contributed by atoms with Gasteiger partial charge in [0.25, 0.3) is 0 Å². The number of carboxylic acid groups (broad SMARTS) is 1. The van der Waals surface area contributed by atoms with Crippen LogP contribution in [0.1, 0.15) is 31.6 Å². The molecule has 1 saturated heterocycles. The highest BCUT2D eigenvalue weighted by Crippen LogP contribution is 2.25. The minimum absolute atomic E-state index is 0.0843. The van der Waals surface area contributed by atoms with E-state index in [2.05, 4.69) is 17.2 Å². The van der Waals surface area contributed by atoms with E-state index in [9.17, 15) is 4.79 Å². The van der Waals surface area contributed by atoms with Gasteiger partial charge in [0.2, 0.25) is 0 Å². The predicted octanol–water partition coefficient (Wildman–Crippen LogP) is 0.781. The van der Waals surface area contributed by atoms with Crippen molar-refractivity contribution in [1.82, 2.24) is 14.9 Å². The monoisotopic (exact) mass is 209 g/mol. The largest absolute Gasteiger partial charge is 0.480 e.